The molecule has 108 valence electrons. The maximum atomic E-state index is 5.08. The summed E-state index contributed by atoms with van der Waals surface area (Å²) in [6.45, 7) is 5.65. The highest BCUT2D eigenvalue weighted by molar-refractivity contribution is 5.91. The van der Waals surface area contributed by atoms with Gasteiger partial charge in [-0.1, -0.05) is 18.2 Å². The van der Waals surface area contributed by atoms with Crippen LogP contribution in [-0.4, -0.2) is 50.3 Å². The van der Waals surface area contributed by atoms with E-state index < -0.39 is 0 Å². The van der Waals surface area contributed by atoms with Gasteiger partial charge in [-0.05, 0) is 26.1 Å². The molecular formula is C16H23N3O. The molecule has 2 rings (SSSR count). The number of anilines is 1. The van der Waals surface area contributed by atoms with Gasteiger partial charge in [0.1, 0.15) is 0 Å². The molecule has 2 aromatic rings. The number of hydrogen-bond donors (Lipinski definition) is 1. The van der Waals surface area contributed by atoms with Crippen LogP contribution in [0.5, 0.6) is 0 Å². The lowest BCUT2D eigenvalue weighted by molar-refractivity contribution is 0.163. The van der Waals surface area contributed by atoms with Gasteiger partial charge in [0.2, 0.25) is 0 Å². The third kappa shape index (κ3) is 3.92. The first kappa shape index (κ1) is 14.8. The van der Waals surface area contributed by atoms with Crippen molar-refractivity contribution in [3.8, 4) is 0 Å². The van der Waals surface area contributed by atoms with Crippen LogP contribution in [0.4, 0.5) is 5.69 Å². The zero-order chi connectivity index (χ0) is 14.4. The number of rotatable bonds is 7. The summed E-state index contributed by atoms with van der Waals surface area (Å²) in [4.78, 5) is 6.81. The Bertz CT molecular complexity index is 556. The third-order valence-corrected chi connectivity index (χ3v) is 3.33. The van der Waals surface area contributed by atoms with Gasteiger partial charge in [0.25, 0.3) is 0 Å². The lowest BCUT2D eigenvalue weighted by Gasteiger charge is -2.17. The van der Waals surface area contributed by atoms with Crippen molar-refractivity contribution < 1.29 is 4.74 Å². The number of para-hydroxylation sites is 1. The van der Waals surface area contributed by atoms with Crippen LogP contribution in [0, 0.1) is 6.92 Å². The molecule has 0 unspecified atom stereocenters. The molecule has 0 amide bonds. The van der Waals surface area contributed by atoms with Gasteiger partial charge in [0, 0.05) is 43.5 Å². The second kappa shape index (κ2) is 7.22. The van der Waals surface area contributed by atoms with Crippen molar-refractivity contribution in [1.82, 2.24) is 9.88 Å². The quantitative estimate of drug-likeness (QED) is 0.841. The van der Waals surface area contributed by atoms with Gasteiger partial charge in [0.05, 0.1) is 12.1 Å². The van der Waals surface area contributed by atoms with Gasteiger partial charge in [-0.3, -0.25) is 4.98 Å². The third-order valence-electron chi connectivity index (χ3n) is 3.33. The van der Waals surface area contributed by atoms with E-state index in [0.29, 0.717) is 0 Å². The molecule has 0 spiro atoms. The number of nitrogens with one attached hydrogen (secondary N) is 1. The standard InChI is InChI=1S/C16H23N3O/c1-13-12-16(14-6-4-5-7-15(14)18-13)17-8-9-19(2)10-11-20-3/h4-7,12H,8-11H2,1-3H3,(H,17,18). The number of nitrogens with zero attached hydrogens (tertiary/aromatic N) is 2. The van der Waals surface area contributed by atoms with Crippen LogP contribution in [0.1, 0.15) is 5.69 Å². The maximum Gasteiger partial charge on any atom is 0.0725 e. The zero-order valence-electron chi connectivity index (χ0n) is 12.5. The molecule has 0 saturated carbocycles. The Labute approximate surface area is 120 Å². The largest absolute Gasteiger partial charge is 0.383 e. The van der Waals surface area contributed by atoms with E-state index in [-0.39, 0.29) is 0 Å². The average Bonchev–Trinajstić information content (AvgIpc) is 2.45. The van der Waals surface area contributed by atoms with Gasteiger partial charge >= 0.3 is 0 Å². The number of fused-ring (bicyclic) bond motifs is 1. The summed E-state index contributed by atoms with van der Waals surface area (Å²) in [5.74, 6) is 0. The molecule has 20 heavy (non-hydrogen) atoms. The Balaban J connectivity index is 1.99. The van der Waals surface area contributed by atoms with Crippen LogP contribution in [0.25, 0.3) is 10.9 Å². The summed E-state index contributed by atoms with van der Waals surface area (Å²) < 4.78 is 5.08. The summed E-state index contributed by atoms with van der Waals surface area (Å²) in [7, 11) is 3.84. The van der Waals surface area contributed by atoms with Crippen LogP contribution in [-0.2, 0) is 4.74 Å². The Morgan fingerprint density at radius 1 is 1.25 bits per heavy atom. The van der Waals surface area contributed by atoms with Crippen molar-refractivity contribution in [2.75, 3.05) is 45.7 Å². The molecule has 0 aliphatic rings. The average molecular weight is 273 g/mol. The number of ether oxygens (including phenoxy) is 1. The molecular weight excluding hydrogens is 250 g/mol. The molecule has 1 aromatic heterocycles. The van der Waals surface area contributed by atoms with E-state index in [2.05, 4.69) is 46.5 Å². The van der Waals surface area contributed by atoms with Gasteiger partial charge in [0.15, 0.2) is 0 Å². The molecule has 0 saturated heterocycles. The number of benzene rings is 1. The van der Waals surface area contributed by atoms with E-state index in [4.69, 9.17) is 4.74 Å². The SMILES string of the molecule is COCCN(C)CCNc1cc(C)nc2ccccc12. The minimum Gasteiger partial charge on any atom is -0.383 e. The Hall–Kier alpha value is -1.65. The van der Waals surface area contributed by atoms with E-state index in [1.807, 2.05) is 13.0 Å². The lowest BCUT2D eigenvalue weighted by Crippen LogP contribution is -2.28. The molecule has 0 aliphatic heterocycles. The first-order valence-electron chi connectivity index (χ1n) is 6.98. The smallest absolute Gasteiger partial charge is 0.0725 e. The van der Waals surface area contributed by atoms with Crippen LogP contribution in [0.15, 0.2) is 30.3 Å². The van der Waals surface area contributed by atoms with Gasteiger partial charge in [-0.15, -0.1) is 0 Å². The number of likely N-dealkylation sites (N-methyl/N-ethyl adjacent to an activating group) is 1. The van der Waals surface area contributed by atoms with E-state index in [1.54, 1.807) is 7.11 Å². The highest BCUT2D eigenvalue weighted by atomic mass is 16.5. The van der Waals surface area contributed by atoms with Crippen LogP contribution in [0.2, 0.25) is 0 Å². The van der Waals surface area contributed by atoms with Gasteiger partial charge < -0.3 is 15.0 Å². The molecule has 0 radical (unpaired) electrons. The second-order valence-corrected chi connectivity index (χ2v) is 5.05. The maximum absolute atomic E-state index is 5.08. The summed E-state index contributed by atoms with van der Waals surface area (Å²) in [5.41, 5.74) is 3.25. The van der Waals surface area contributed by atoms with Crippen molar-refractivity contribution >= 4 is 16.6 Å². The first-order chi connectivity index (χ1) is 9.70. The molecule has 4 nitrogen and oxygen atoms in total. The molecule has 0 aliphatic carbocycles. The molecule has 4 heteroatoms. The molecule has 0 bridgehead atoms. The van der Waals surface area contributed by atoms with Crippen molar-refractivity contribution in [2.24, 2.45) is 0 Å². The fourth-order valence-corrected chi connectivity index (χ4v) is 2.19. The number of aryl methyl sites for hydroxylation is 1. The predicted octanol–water partition coefficient (Wildman–Crippen LogP) is 2.53. The van der Waals surface area contributed by atoms with Crippen LogP contribution in [0.3, 0.4) is 0 Å². The van der Waals surface area contributed by atoms with E-state index in [1.165, 1.54) is 5.39 Å². The van der Waals surface area contributed by atoms with Crippen molar-refractivity contribution in [2.45, 2.75) is 6.92 Å². The molecule has 1 heterocycles. The van der Waals surface area contributed by atoms with E-state index >= 15 is 0 Å². The second-order valence-electron chi connectivity index (χ2n) is 5.05. The summed E-state index contributed by atoms with van der Waals surface area (Å²) >= 11 is 0. The molecule has 0 fully saturated rings. The fourth-order valence-electron chi connectivity index (χ4n) is 2.19. The molecule has 0 atom stereocenters. The normalized spacial score (nSPS) is 11.2. The summed E-state index contributed by atoms with van der Waals surface area (Å²) in [6, 6.07) is 10.3. The Kier molecular flexibility index (Phi) is 5.32. The Morgan fingerprint density at radius 2 is 2.05 bits per heavy atom. The lowest BCUT2D eigenvalue weighted by atomic mass is 10.1. The number of pyridine rings is 1. The first-order valence-corrected chi connectivity index (χ1v) is 6.98. The van der Waals surface area contributed by atoms with Gasteiger partial charge in [-0.25, -0.2) is 0 Å². The minimum atomic E-state index is 0.772. The molecule has 1 N–H and O–H groups in total. The number of hydrogen-bond acceptors (Lipinski definition) is 4. The van der Waals surface area contributed by atoms with Crippen molar-refractivity contribution in [3.63, 3.8) is 0 Å². The van der Waals surface area contributed by atoms with Crippen LogP contribution >= 0.6 is 0 Å². The zero-order valence-corrected chi connectivity index (χ0v) is 12.5. The topological polar surface area (TPSA) is 37.4 Å². The monoisotopic (exact) mass is 273 g/mol. The van der Waals surface area contributed by atoms with Gasteiger partial charge in [-0.2, -0.15) is 0 Å². The van der Waals surface area contributed by atoms with Crippen LogP contribution < -0.4 is 5.32 Å². The molecule has 1 aromatic carbocycles. The predicted molar refractivity (Wildman–Crippen MR) is 84.3 cm³/mol. The highest BCUT2D eigenvalue weighted by Crippen LogP contribution is 2.22. The number of aromatic nitrogens is 1. The highest BCUT2D eigenvalue weighted by Gasteiger charge is 2.03. The summed E-state index contributed by atoms with van der Waals surface area (Å²) in [6.07, 6.45) is 0. The fraction of sp³-hybridized carbons (Fsp3) is 0.438. The van der Waals surface area contributed by atoms with E-state index in [0.717, 1.165) is 43.1 Å². The minimum absolute atomic E-state index is 0.772. The van der Waals surface area contributed by atoms with Crippen molar-refractivity contribution in [3.05, 3.63) is 36.0 Å². The van der Waals surface area contributed by atoms with E-state index in [9.17, 15) is 0 Å². The number of methoxy groups -OCH3 is 1. The Morgan fingerprint density at radius 3 is 2.85 bits per heavy atom. The summed E-state index contributed by atoms with van der Waals surface area (Å²) in [5, 5.41) is 4.69. The van der Waals surface area contributed by atoms with Crippen molar-refractivity contribution in [1.29, 1.82) is 0 Å².